The Balaban J connectivity index is 2.39. The fraction of sp³-hybridized carbons (Fsp3) is 0.385. The van der Waals surface area contributed by atoms with Crippen LogP contribution in [0.25, 0.3) is 11.1 Å². The molecule has 1 aromatic heterocycles. The van der Waals surface area contributed by atoms with E-state index in [4.69, 9.17) is 5.11 Å². The number of sulfonamides is 1. The van der Waals surface area contributed by atoms with Crippen LogP contribution in [0.5, 0.6) is 0 Å². The van der Waals surface area contributed by atoms with Crippen molar-refractivity contribution in [2.24, 2.45) is 0 Å². The highest BCUT2D eigenvalue weighted by molar-refractivity contribution is 7.89. The van der Waals surface area contributed by atoms with Crippen molar-refractivity contribution in [3.8, 4) is 0 Å². The highest BCUT2D eigenvalue weighted by Gasteiger charge is 2.28. The van der Waals surface area contributed by atoms with E-state index in [9.17, 15) is 22.4 Å². The fourth-order valence-corrected chi connectivity index (χ4v) is 3.35. The van der Waals surface area contributed by atoms with Gasteiger partial charge in [0.05, 0.1) is 5.52 Å². The summed E-state index contributed by atoms with van der Waals surface area (Å²) in [7, 11) is -4.43. The summed E-state index contributed by atoms with van der Waals surface area (Å²) in [5.74, 6) is -3.33. The smallest absolute Gasteiger partial charge is 0.417 e. The zero-order valence-electron chi connectivity index (χ0n) is 12.1. The van der Waals surface area contributed by atoms with E-state index >= 15 is 0 Å². The molecule has 1 heterocycles. The highest BCUT2D eigenvalue weighted by atomic mass is 32.2. The Morgan fingerprint density at radius 1 is 1.48 bits per heavy atom. The van der Waals surface area contributed by atoms with Crippen molar-refractivity contribution in [1.82, 2.24) is 9.71 Å². The minimum atomic E-state index is -4.43. The second-order valence-corrected chi connectivity index (χ2v) is 6.63. The van der Waals surface area contributed by atoms with Crippen LogP contribution in [0.1, 0.15) is 26.2 Å². The molecule has 0 amide bonds. The van der Waals surface area contributed by atoms with E-state index in [-0.39, 0.29) is 17.5 Å². The second kappa shape index (κ2) is 6.50. The molecule has 8 nitrogen and oxygen atoms in total. The third kappa shape index (κ3) is 3.77. The first-order valence-electron chi connectivity index (χ1n) is 6.82. The lowest BCUT2D eigenvalue weighted by Crippen LogP contribution is -2.40. The molecule has 0 aliphatic heterocycles. The molecule has 0 bridgehead atoms. The quantitative estimate of drug-likeness (QED) is 0.690. The van der Waals surface area contributed by atoms with Crippen molar-refractivity contribution in [3.63, 3.8) is 0 Å². The first kappa shape index (κ1) is 17.2. The summed E-state index contributed by atoms with van der Waals surface area (Å²) < 4.78 is 45.1. The average molecular weight is 346 g/mol. The summed E-state index contributed by atoms with van der Waals surface area (Å²) in [5, 5.41) is 9.07. The predicted molar refractivity (Wildman–Crippen MR) is 78.1 cm³/mol. The van der Waals surface area contributed by atoms with Gasteiger partial charge < -0.3 is 9.52 Å². The Bertz CT molecular complexity index is 885. The number of rotatable bonds is 7. The number of benzene rings is 1. The van der Waals surface area contributed by atoms with Gasteiger partial charge >= 0.3 is 11.7 Å². The first-order valence-corrected chi connectivity index (χ1v) is 8.30. The molecule has 0 aliphatic carbocycles. The minimum absolute atomic E-state index is 0.00668. The van der Waals surface area contributed by atoms with Gasteiger partial charge in [0.1, 0.15) is 16.8 Å². The third-order valence-corrected chi connectivity index (χ3v) is 4.69. The van der Waals surface area contributed by atoms with E-state index in [0.717, 1.165) is 12.1 Å². The van der Waals surface area contributed by atoms with Crippen molar-refractivity contribution in [3.05, 3.63) is 28.5 Å². The van der Waals surface area contributed by atoms with Crippen LogP contribution in [-0.4, -0.2) is 30.5 Å². The fourth-order valence-electron chi connectivity index (χ4n) is 2.05. The molecule has 23 heavy (non-hydrogen) atoms. The van der Waals surface area contributed by atoms with Crippen molar-refractivity contribution in [2.75, 3.05) is 0 Å². The molecule has 0 fully saturated rings. The van der Waals surface area contributed by atoms with Crippen LogP contribution >= 0.6 is 0 Å². The van der Waals surface area contributed by atoms with Gasteiger partial charge in [-0.1, -0.05) is 19.8 Å². The molecule has 0 aliphatic rings. The predicted octanol–water partition coefficient (Wildman–Crippen LogP) is 1.18. The molecule has 0 saturated heterocycles. The molecule has 10 heteroatoms. The molecular formula is C13H15FN2O6S. The van der Waals surface area contributed by atoms with Gasteiger partial charge in [-0.2, -0.15) is 4.72 Å². The monoisotopic (exact) mass is 346 g/mol. The summed E-state index contributed by atoms with van der Waals surface area (Å²) in [6.07, 6.45) is 1.25. The van der Waals surface area contributed by atoms with Gasteiger partial charge in [-0.05, 0) is 6.42 Å². The van der Waals surface area contributed by atoms with Crippen molar-refractivity contribution < 1.29 is 27.1 Å². The molecule has 2 aromatic rings. The Morgan fingerprint density at radius 3 is 2.78 bits per heavy atom. The van der Waals surface area contributed by atoms with Gasteiger partial charge in [0.25, 0.3) is 0 Å². The zero-order chi connectivity index (χ0) is 17.2. The van der Waals surface area contributed by atoms with E-state index < -0.39 is 38.5 Å². The number of hydrogen-bond acceptors (Lipinski definition) is 5. The number of aromatic nitrogens is 1. The summed E-state index contributed by atoms with van der Waals surface area (Å²) in [6.45, 7) is 1.83. The molecule has 1 atom stereocenters. The van der Waals surface area contributed by atoms with Crippen LogP contribution < -0.4 is 10.5 Å². The highest BCUT2D eigenvalue weighted by Crippen LogP contribution is 2.21. The van der Waals surface area contributed by atoms with Gasteiger partial charge in [0.2, 0.25) is 10.0 Å². The number of H-pyrrole nitrogens is 1. The van der Waals surface area contributed by atoms with Crippen LogP contribution in [0.4, 0.5) is 4.39 Å². The summed E-state index contributed by atoms with van der Waals surface area (Å²) in [5.41, 5.74) is -0.135. The molecule has 2 rings (SSSR count). The number of aliphatic carboxylic acids is 1. The Kier molecular flexibility index (Phi) is 4.85. The van der Waals surface area contributed by atoms with Crippen molar-refractivity contribution >= 4 is 27.1 Å². The number of carbonyl (C=O) groups is 1. The maximum atomic E-state index is 14.0. The van der Waals surface area contributed by atoms with Crippen LogP contribution in [0.15, 0.2) is 26.2 Å². The average Bonchev–Trinajstić information content (AvgIpc) is 2.81. The number of fused-ring (bicyclic) bond motifs is 1. The molecule has 126 valence electrons. The number of halogens is 1. The van der Waals surface area contributed by atoms with Crippen LogP contribution in [0.2, 0.25) is 0 Å². The maximum absolute atomic E-state index is 14.0. The molecule has 0 radical (unpaired) electrons. The summed E-state index contributed by atoms with van der Waals surface area (Å²) in [4.78, 5) is 23.6. The number of nitrogens with one attached hydrogen (secondary N) is 2. The number of oxazole rings is 1. The summed E-state index contributed by atoms with van der Waals surface area (Å²) >= 11 is 0. The lowest BCUT2D eigenvalue weighted by atomic mass is 10.1. The lowest BCUT2D eigenvalue weighted by Gasteiger charge is -2.14. The topological polar surface area (TPSA) is 129 Å². The van der Waals surface area contributed by atoms with E-state index in [1.54, 1.807) is 0 Å². The largest absolute Gasteiger partial charge is 0.480 e. The molecular weight excluding hydrogens is 331 g/mol. The second-order valence-electron chi connectivity index (χ2n) is 4.95. The van der Waals surface area contributed by atoms with Gasteiger partial charge in [-0.25, -0.2) is 17.6 Å². The zero-order valence-corrected chi connectivity index (χ0v) is 12.9. The number of hydrogen-bond donors (Lipinski definition) is 3. The number of aromatic amines is 1. The summed E-state index contributed by atoms with van der Waals surface area (Å²) in [6, 6.07) is 0.272. The van der Waals surface area contributed by atoms with Gasteiger partial charge in [-0.15, -0.1) is 0 Å². The van der Waals surface area contributed by atoms with E-state index in [0.29, 0.717) is 12.8 Å². The Morgan fingerprint density at radius 2 is 2.17 bits per heavy atom. The molecule has 1 aromatic carbocycles. The lowest BCUT2D eigenvalue weighted by molar-refractivity contribution is -0.139. The first-order chi connectivity index (χ1) is 10.7. The van der Waals surface area contributed by atoms with E-state index in [1.807, 2.05) is 11.6 Å². The number of carboxylic acids is 1. The van der Waals surface area contributed by atoms with Gasteiger partial charge in [0.15, 0.2) is 5.58 Å². The van der Waals surface area contributed by atoms with Crippen LogP contribution in [-0.2, 0) is 14.8 Å². The molecule has 0 saturated carbocycles. The maximum Gasteiger partial charge on any atom is 0.417 e. The third-order valence-electron chi connectivity index (χ3n) is 3.20. The SMILES string of the molecule is CCCC[C@H](NS(=O)(=O)c1cc2oc(=O)[nH]c2cc1F)C(=O)O. The normalized spacial score (nSPS) is 13.3. The molecule has 0 unspecified atom stereocenters. The van der Waals surface area contributed by atoms with E-state index in [1.165, 1.54) is 0 Å². The van der Waals surface area contributed by atoms with E-state index in [2.05, 4.69) is 9.40 Å². The Hall–Kier alpha value is -2.20. The van der Waals surface area contributed by atoms with Crippen LogP contribution in [0, 0.1) is 5.82 Å². The molecule has 0 spiro atoms. The van der Waals surface area contributed by atoms with Gasteiger partial charge in [0, 0.05) is 12.1 Å². The number of unbranched alkanes of at least 4 members (excludes halogenated alkanes) is 1. The van der Waals surface area contributed by atoms with Crippen LogP contribution in [0.3, 0.4) is 0 Å². The molecule has 3 N–H and O–H groups in total. The minimum Gasteiger partial charge on any atom is -0.480 e. The standard InChI is InChI=1S/C13H15FN2O6S/c1-2-3-4-8(12(17)18)16-23(20,21)11-6-10-9(5-7(11)14)15-13(19)22-10/h5-6,8,16H,2-4H2,1H3,(H,15,19)(H,17,18)/t8-/m0/s1. The van der Waals surface area contributed by atoms with Crippen molar-refractivity contribution in [1.29, 1.82) is 0 Å². The van der Waals surface area contributed by atoms with Gasteiger partial charge in [-0.3, -0.25) is 9.78 Å². The Labute approximate surface area is 130 Å². The van der Waals surface area contributed by atoms with Crippen molar-refractivity contribution in [2.45, 2.75) is 37.1 Å². The number of carboxylic acid groups (broad SMARTS) is 1.